The van der Waals surface area contributed by atoms with Crippen molar-refractivity contribution >= 4 is 22.9 Å². The first-order chi connectivity index (χ1) is 6.29. The molecular formula is C9H12ClNOS. The monoisotopic (exact) mass is 217 g/mol. The van der Waals surface area contributed by atoms with E-state index in [-0.39, 0.29) is 6.04 Å². The van der Waals surface area contributed by atoms with Crippen molar-refractivity contribution < 1.29 is 4.74 Å². The van der Waals surface area contributed by atoms with Gasteiger partial charge in [0.05, 0.1) is 10.9 Å². The van der Waals surface area contributed by atoms with Crippen LogP contribution in [0.25, 0.3) is 0 Å². The Labute approximate surface area is 86.6 Å². The summed E-state index contributed by atoms with van der Waals surface area (Å²) >= 11 is 7.55. The van der Waals surface area contributed by atoms with Gasteiger partial charge in [0.15, 0.2) is 0 Å². The maximum Gasteiger partial charge on any atom is 0.0976 e. The molecule has 1 aliphatic rings. The Hall–Kier alpha value is -0.0900. The van der Waals surface area contributed by atoms with Crippen molar-refractivity contribution in [2.24, 2.45) is 11.7 Å². The van der Waals surface area contributed by atoms with E-state index in [9.17, 15) is 0 Å². The third kappa shape index (κ3) is 1.89. The minimum absolute atomic E-state index is 0.0428. The summed E-state index contributed by atoms with van der Waals surface area (Å²) in [6.45, 7) is 1.60. The molecule has 2 N–H and O–H groups in total. The van der Waals surface area contributed by atoms with Crippen LogP contribution >= 0.6 is 22.9 Å². The largest absolute Gasteiger partial charge is 0.381 e. The highest BCUT2D eigenvalue weighted by Crippen LogP contribution is 2.33. The van der Waals surface area contributed by atoms with Gasteiger partial charge in [-0.3, -0.25) is 0 Å². The Morgan fingerprint density at radius 1 is 1.69 bits per heavy atom. The van der Waals surface area contributed by atoms with Crippen molar-refractivity contribution in [2.45, 2.75) is 12.5 Å². The molecule has 4 heteroatoms. The lowest BCUT2D eigenvalue weighted by molar-refractivity contribution is 0.181. The van der Waals surface area contributed by atoms with Crippen molar-refractivity contribution in [3.05, 3.63) is 21.3 Å². The fourth-order valence-electron chi connectivity index (χ4n) is 1.63. The Kier molecular flexibility index (Phi) is 2.89. The van der Waals surface area contributed by atoms with E-state index >= 15 is 0 Å². The van der Waals surface area contributed by atoms with E-state index in [1.165, 1.54) is 11.3 Å². The van der Waals surface area contributed by atoms with Crippen molar-refractivity contribution in [1.29, 1.82) is 0 Å². The van der Waals surface area contributed by atoms with Gasteiger partial charge in [0.1, 0.15) is 0 Å². The van der Waals surface area contributed by atoms with Gasteiger partial charge in [0, 0.05) is 18.6 Å². The molecule has 72 valence electrons. The molecule has 1 fully saturated rings. The molecule has 1 aromatic rings. The maximum atomic E-state index is 6.09. The van der Waals surface area contributed by atoms with Crippen LogP contribution in [0.4, 0.5) is 0 Å². The Morgan fingerprint density at radius 3 is 3.08 bits per heavy atom. The number of nitrogens with two attached hydrogens (primary N) is 1. The zero-order valence-corrected chi connectivity index (χ0v) is 8.77. The molecule has 0 amide bonds. The first-order valence-corrected chi connectivity index (χ1v) is 5.61. The van der Waals surface area contributed by atoms with E-state index in [0.29, 0.717) is 5.92 Å². The summed E-state index contributed by atoms with van der Waals surface area (Å²) in [5.74, 6) is 0.437. The van der Waals surface area contributed by atoms with E-state index in [2.05, 4.69) is 0 Å². The standard InChI is InChI=1S/C9H12ClNOS/c10-9-7(2-4-13-9)8(11)6-1-3-12-5-6/h2,4,6,8H,1,3,5,11H2. The van der Waals surface area contributed by atoms with Gasteiger partial charge >= 0.3 is 0 Å². The molecule has 0 aromatic carbocycles. The highest BCUT2D eigenvalue weighted by atomic mass is 35.5. The number of ether oxygens (including phenoxy) is 1. The lowest BCUT2D eigenvalue weighted by Gasteiger charge is -2.16. The fourth-order valence-corrected chi connectivity index (χ4v) is 2.65. The quantitative estimate of drug-likeness (QED) is 0.826. The lowest BCUT2D eigenvalue weighted by atomic mass is 9.95. The Bertz CT molecular complexity index is 283. The topological polar surface area (TPSA) is 35.2 Å². The van der Waals surface area contributed by atoms with Gasteiger partial charge in [-0.1, -0.05) is 11.6 Å². The van der Waals surface area contributed by atoms with Crippen LogP contribution in [-0.2, 0) is 4.74 Å². The van der Waals surface area contributed by atoms with Gasteiger partial charge in [0.2, 0.25) is 0 Å². The smallest absolute Gasteiger partial charge is 0.0976 e. The van der Waals surface area contributed by atoms with Crippen LogP contribution in [-0.4, -0.2) is 13.2 Å². The number of hydrogen-bond donors (Lipinski definition) is 1. The zero-order valence-electron chi connectivity index (χ0n) is 7.20. The van der Waals surface area contributed by atoms with Gasteiger partial charge in [-0.15, -0.1) is 11.3 Å². The van der Waals surface area contributed by atoms with Gasteiger partial charge in [-0.2, -0.15) is 0 Å². The van der Waals surface area contributed by atoms with Crippen LogP contribution in [0.5, 0.6) is 0 Å². The molecule has 1 aromatic heterocycles. The van der Waals surface area contributed by atoms with Gasteiger partial charge < -0.3 is 10.5 Å². The summed E-state index contributed by atoms with van der Waals surface area (Å²) in [6.07, 6.45) is 1.05. The minimum Gasteiger partial charge on any atom is -0.381 e. The molecule has 1 saturated heterocycles. The van der Waals surface area contributed by atoms with Crippen molar-refractivity contribution in [2.75, 3.05) is 13.2 Å². The number of thiophene rings is 1. The molecule has 2 atom stereocenters. The van der Waals surface area contributed by atoms with E-state index in [1.54, 1.807) is 0 Å². The zero-order chi connectivity index (χ0) is 9.26. The first kappa shape index (κ1) is 9.46. The van der Waals surface area contributed by atoms with Crippen LogP contribution in [0.2, 0.25) is 4.34 Å². The first-order valence-electron chi connectivity index (χ1n) is 4.35. The molecule has 1 aliphatic heterocycles. The van der Waals surface area contributed by atoms with Crippen LogP contribution in [0.1, 0.15) is 18.0 Å². The summed E-state index contributed by atoms with van der Waals surface area (Å²) in [5, 5.41) is 1.98. The minimum atomic E-state index is 0.0428. The maximum absolute atomic E-state index is 6.09. The SMILES string of the molecule is NC(c1ccsc1Cl)C1CCOC1. The lowest BCUT2D eigenvalue weighted by Crippen LogP contribution is -2.21. The average Bonchev–Trinajstić information content (AvgIpc) is 2.72. The predicted octanol–water partition coefficient (Wildman–Crippen LogP) is 2.44. The summed E-state index contributed by atoms with van der Waals surface area (Å²) < 4.78 is 6.12. The van der Waals surface area contributed by atoms with Gasteiger partial charge in [-0.05, 0) is 23.4 Å². The molecule has 2 heterocycles. The molecule has 0 spiro atoms. The van der Waals surface area contributed by atoms with E-state index in [4.69, 9.17) is 22.1 Å². The van der Waals surface area contributed by atoms with E-state index in [1.807, 2.05) is 11.4 Å². The molecule has 2 nitrogen and oxygen atoms in total. The Morgan fingerprint density at radius 2 is 2.54 bits per heavy atom. The molecule has 0 saturated carbocycles. The normalized spacial score (nSPS) is 24.9. The van der Waals surface area contributed by atoms with Crippen molar-refractivity contribution in [3.63, 3.8) is 0 Å². The molecule has 0 bridgehead atoms. The van der Waals surface area contributed by atoms with Gasteiger partial charge in [0.25, 0.3) is 0 Å². The second-order valence-corrected chi connectivity index (χ2v) is 4.82. The molecular weight excluding hydrogens is 206 g/mol. The third-order valence-electron chi connectivity index (χ3n) is 2.48. The molecule has 13 heavy (non-hydrogen) atoms. The average molecular weight is 218 g/mol. The number of rotatable bonds is 2. The molecule has 0 aliphatic carbocycles. The van der Waals surface area contributed by atoms with Crippen LogP contribution in [0.3, 0.4) is 0 Å². The van der Waals surface area contributed by atoms with E-state index in [0.717, 1.165) is 29.5 Å². The highest BCUT2D eigenvalue weighted by molar-refractivity contribution is 7.14. The second kappa shape index (κ2) is 3.96. The number of hydrogen-bond acceptors (Lipinski definition) is 3. The Balaban J connectivity index is 2.12. The van der Waals surface area contributed by atoms with Crippen molar-refractivity contribution in [3.8, 4) is 0 Å². The summed E-state index contributed by atoms with van der Waals surface area (Å²) in [4.78, 5) is 0. The molecule has 0 radical (unpaired) electrons. The summed E-state index contributed by atoms with van der Waals surface area (Å²) in [6, 6.07) is 2.05. The number of halogens is 1. The molecule has 2 unspecified atom stereocenters. The van der Waals surface area contributed by atoms with Gasteiger partial charge in [-0.25, -0.2) is 0 Å². The fraction of sp³-hybridized carbons (Fsp3) is 0.556. The van der Waals surface area contributed by atoms with Crippen molar-refractivity contribution in [1.82, 2.24) is 0 Å². The van der Waals surface area contributed by atoms with Crippen LogP contribution in [0, 0.1) is 5.92 Å². The predicted molar refractivity (Wildman–Crippen MR) is 55.2 cm³/mol. The molecule has 2 rings (SSSR count). The summed E-state index contributed by atoms with van der Waals surface area (Å²) in [7, 11) is 0. The third-order valence-corrected chi connectivity index (χ3v) is 3.68. The highest BCUT2D eigenvalue weighted by Gasteiger charge is 2.25. The van der Waals surface area contributed by atoms with Crippen LogP contribution < -0.4 is 5.73 Å². The van der Waals surface area contributed by atoms with E-state index < -0.39 is 0 Å². The van der Waals surface area contributed by atoms with Crippen LogP contribution in [0.15, 0.2) is 11.4 Å². The second-order valence-electron chi connectivity index (χ2n) is 3.30. The summed E-state index contributed by atoms with van der Waals surface area (Å²) in [5.41, 5.74) is 7.16.